The Labute approximate surface area is 142 Å². The summed E-state index contributed by atoms with van der Waals surface area (Å²) in [5.74, 6) is 1.50. The van der Waals surface area contributed by atoms with Crippen LogP contribution in [-0.2, 0) is 22.5 Å². The normalized spacial score (nSPS) is 17.9. The Morgan fingerprint density at radius 2 is 2.17 bits per heavy atom. The third-order valence-electron chi connectivity index (χ3n) is 4.50. The predicted octanol–water partition coefficient (Wildman–Crippen LogP) is 1.75. The number of benzene rings is 1. The summed E-state index contributed by atoms with van der Waals surface area (Å²) in [5.41, 5.74) is 1.24. The van der Waals surface area contributed by atoms with Gasteiger partial charge in [-0.25, -0.2) is 0 Å². The number of likely N-dealkylation sites (tertiary alicyclic amines) is 1. The van der Waals surface area contributed by atoms with Gasteiger partial charge in [-0.05, 0) is 24.3 Å². The molecule has 1 aliphatic heterocycles. The van der Waals surface area contributed by atoms with Gasteiger partial charge in [0.15, 0.2) is 0 Å². The number of ether oxygens (including phenoxy) is 1. The molecule has 1 amide bonds. The van der Waals surface area contributed by atoms with Crippen LogP contribution in [0.1, 0.15) is 24.2 Å². The van der Waals surface area contributed by atoms with E-state index in [1.807, 2.05) is 23.1 Å². The maximum atomic E-state index is 12.0. The third-order valence-corrected chi connectivity index (χ3v) is 4.50. The molecular weight excluding hydrogens is 304 g/mol. The molecule has 0 spiro atoms. The lowest BCUT2D eigenvalue weighted by atomic mass is 9.94. The summed E-state index contributed by atoms with van der Waals surface area (Å²) in [7, 11) is 1.56. The quantitative estimate of drug-likeness (QED) is 0.811. The molecule has 1 aromatic carbocycles. The van der Waals surface area contributed by atoms with Gasteiger partial charge in [0.05, 0.1) is 6.54 Å². The molecule has 1 saturated heterocycles. The number of nitrogens with zero attached hydrogens (tertiary/aromatic N) is 4. The fourth-order valence-electron chi connectivity index (χ4n) is 3.28. The fourth-order valence-corrected chi connectivity index (χ4v) is 3.28. The Balaban J connectivity index is 1.62. The SMILES string of the molecule is COCC(=O)N1CCCC(Cc2nncn2Cc2ccccc2)C1. The van der Waals surface area contributed by atoms with Crippen LogP contribution < -0.4 is 0 Å². The van der Waals surface area contributed by atoms with E-state index >= 15 is 0 Å². The number of piperidine rings is 1. The highest BCUT2D eigenvalue weighted by molar-refractivity contribution is 5.77. The second kappa shape index (κ2) is 8.06. The summed E-state index contributed by atoms with van der Waals surface area (Å²) in [6, 6.07) is 10.3. The van der Waals surface area contributed by atoms with Gasteiger partial charge in [0, 0.05) is 26.6 Å². The number of rotatable bonds is 6. The highest BCUT2D eigenvalue weighted by Crippen LogP contribution is 2.20. The molecule has 0 N–H and O–H groups in total. The molecule has 0 bridgehead atoms. The number of hydrogen-bond donors (Lipinski definition) is 0. The zero-order valence-electron chi connectivity index (χ0n) is 14.1. The van der Waals surface area contributed by atoms with Crippen molar-refractivity contribution in [2.24, 2.45) is 5.92 Å². The molecule has 6 nitrogen and oxygen atoms in total. The van der Waals surface area contributed by atoms with Crippen LogP contribution in [0.2, 0.25) is 0 Å². The highest BCUT2D eigenvalue weighted by Gasteiger charge is 2.25. The minimum Gasteiger partial charge on any atom is -0.375 e. The fraction of sp³-hybridized carbons (Fsp3) is 0.500. The smallest absolute Gasteiger partial charge is 0.248 e. The molecule has 2 aromatic rings. The summed E-state index contributed by atoms with van der Waals surface area (Å²) >= 11 is 0. The van der Waals surface area contributed by atoms with Crippen molar-refractivity contribution < 1.29 is 9.53 Å². The summed E-state index contributed by atoms with van der Waals surface area (Å²) in [6.45, 7) is 2.55. The lowest BCUT2D eigenvalue weighted by Crippen LogP contribution is -2.42. The lowest BCUT2D eigenvalue weighted by molar-refractivity contribution is -0.136. The summed E-state index contributed by atoms with van der Waals surface area (Å²) in [4.78, 5) is 13.9. The molecule has 24 heavy (non-hydrogen) atoms. The van der Waals surface area contributed by atoms with E-state index in [1.165, 1.54) is 5.56 Å². The van der Waals surface area contributed by atoms with Crippen molar-refractivity contribution in [2.75, 3.05) is 26.8 Å². The lowest BCUT2D eigenvalue weighted by Gasteiger charge is -2.32. The van der Waals surface area contributed by atoms with Crippen molar-refractivity contribution in [3.63, 3.8) is 0 Å². The van der Waals surface area contributed by atoms with Crippen molar-refractivity contribution in [1.82, 2.24) is 19.7 Å². The standard InChI is InChI=1S/C18H24N4O2/c1-24-13-18(23)21-9-5-8-16(12-21)10-17-20-19-14-22(17)11-15-6-3-2-4-7-15/h2-4,6-7,14,16H,5,8-13H2,1H3. The Morgan fingerprint density at radius 3 is 2.96 bits per heavy atom. The van der Waals surface area contributed by atoms with Gasteiger partial charge in [-0.3, -0.25) is 4.79 Å². The first-order chi connectivity index (χ1) is 11.8. The van der Waals surface area contributed by atoms with E-state index in [9.17, 15) is 4.79 Å². The van der Waals surface area contributed by atoms with Crippen molar-refractivity contribution in [1.29, 1.82) is 0 Å². The van der Waals surface area contributed by atoms with E-state index in [4.69, 9.17) is 4.74 Å². The molecule has 0 aliphatic carbocycles. The molecule has 1 aliphatic rings. The van der Waals surface area contributed by atoms with Crippen molar-refractivity contribution >= 4 is 5.91 Å². The molecule has 6 heteroatoms. The highest BCUT2D eigenvalue weighted by atomic mass is 16.5. The molecule has 0 radical (unpaired) electrons. The van der Waals surface area contributed by atoms with E-state index in [-0.39, 0.29) is 12.5 Å². The zero-order valence-corrected chi connectivity index (χ0v) is 14.1. The average molecular weight is 328 g/mol. The molecular formula is C18H24N4O2. The number of amides is 1. The second-order valence-corrected chi connectivity index (χ2v) is 6.35. The first-order valence-corrected chi connectivity index (χ1v) is 8.43. The van der Waals surface area contributed by atoms with Crippen molar-refractivity contribution in [3.05, 3.63) is 48.0 Å². The molecule has 0 saturated carbocycles. The Hall–Kier alpha value is -2.21. The topological polar surface area (TPSA) is 60.2 Å². The molecule has 2 heterocycles. The first kappa shape index (κ1) is 16.6. The van der Waals surface area contributed by atoms with Gasteiger partial charge in [-0.1, -0.05) is 30.3 Å². The number of hydrogen-bond acceptors (Lipinski definition) is 4. The van der Waals surface area contributed by atoms with Gasteiger partial charge < -0.3 is 14.2 Å². The van der Waals surface area contributed by atoms with Crippen LogP contribution in [0.3, 0.4) is 0 Å². The summed E-state index contributed by atoms with van der Waals surface area (Å²) < 4.78 is 7.07. The van der Waals surface area contributed by atoms with Crippen molar-refractivity contribution in [2.45, 2.75) is 25.8 Å². The van der Waals surface area contributed by atoms with Crippen LogP contribution in [-0.4, -0.2) is 52.4 Å². The van der Waals surface area contributed by atoms with E-state index in [0.29, 0.717) is 5.92 Å². The first-order valence-electron chi connectivity index (χ1n) is 8.43. The van der Waals surface area contributed by atoms with E-state index in [0.717, 1.165) is 44.7 Å². The van der Waals surface area contributed by atoms with Gasteiger partial charge >= 0.3 is 0 Å². The molecule has 1 aromatic heterocycles. The molecule has 1 unspecified atom stereocenters. The van der Waals surface area contributed by atoms with Crippen LogP contribution in [0, 0.1) is 5.92 Å². The van der Waals surface area contributed by atoms with Crippen LogP contribution in [0.25, 0.3) is 0 Å². The van der Waals surface area contributed by atoms with Gasteiger partial charge in [-0.15, -0.1) is 10.2 Å². The van der Waals surface area contributed by atoms with Gasteiger partial charge in [0.2, 0.25) is 5.91 Å². The maximum Gasteiger partial charge on any atom is 0.248 e. The third kappa shape index (κ3) is 4.20. The van der Waals surface area contributed by atoms with E-state index in [2.05, 4.69) is 26.9 Å². The predicted molar refractivity (Wildman–Crippen MR) is 90.5 cm³/mol. The molecule has 3 rings (SSSR count). The van der Waals surface area contributed by atoms with Gasteiger partial charge in [-0.2, -0.15) is 0 Å². The minimum atomic E-state index is 0.0768. The van der Waals surface area contributed by atoms with E-state index < -0.39 is 0 Å². The summed E-state index contributed by atoms with van der Waals surface area (Å²) in [5, 5.41) is 8.38. The zero-order chi connectivity index (χ0) is 16.8. The molecule has 128 valence electrons. The monoisotopic (exact) mass is 328 g/mol. The Bertz CT molecular complexity index is 656. The minimum absolute atomic E-state index is 0.0768. The largest absolute Gasteiger partial charge is 0.375 e. The van der Waals surface area contributed by atoms with Crippen molar-refractivity contribution in [3.8, 4) is 0 Å². The van der Waals surface area contributed by atoms with Crippen LogP contribution in [0.5, 0.6) is 0 Å². The van der Waals surface area contributed by atoms with Crippen LogP contribution in [0.4, 0.5) is 0 Å². The number of carbonyl (C=O) groups excluding carboxylic acids is 1. The maximum absolute atomic E-state index is 12.0. The molecule has 1 fully saturated rings. The number of carbonyl (C=O) groups is 1. The Morgan fingerprint density at radius 1 is 1.33 bits per heavy atom. The van der Waals surface area contributed by atoms with Gasteiger partial charge in [0.25, 0.3) is 0 Å². The Kier molecular flexibility index (Phi) is 5.59. The van der Waals surface area contributed by atoms with Crippen LogP contribution in [0.15, 0.2) is 36.7 Å². The second-order valence-electron chi connectivity index (χ2n) is 6.35. The van der Waals surface area contributed by atoms with Crippen LogP contribution >= 0.6 is 0 Å². The molecule has 1 atom stereocenters. The summed E-state index contributed by atoms with van der Waals surface area (Å²) in [6.07, 6.45) is 4.80. The average Bonchev–Trinajstić information content (AvgIpc) is 3.03. The van der Waals surface area contributed by atoms with E-state index in [1.54, 1.807) is 13.4 Å². The van der Waals surface area contributed by atoms with Gasteiger partial charge in [0.1, 0.15) is 18.8 Å². The number of methoxy groups -OCH3 is 1. The number of aromatic nitrogens is 3.